The van der Waals surface area contributed by atoms with E-state index in [2.05, 4.69) is 15.5 Å². The van der Waals surface area contributed by atoms with Gasteiger partial charge < -0.3 is 4.57 Å². The number of aromatic nitrogens is 2. The van der Waals surface area contributed by atoms with Crippen molar-refractivity contribution in [3.8, 4) is 0 Å². The van der Waals surface area contributed by atoms with Crippen LogP contribution in [0.25, 0.3) is 11.0 Å². The van der Waals surface area contributed by atoms with Gasteiger partial charge in [0, 0.05) is 11.9 Å². The number of nitrogens with zero attached hydrogens (tertiary/aromatic N) is 3. The first-order valence-corrected chi connectivity index (χ1v) is 9.88. The van der Waals surface area contributed by atoms with Crippen LogP contribution < -0.4 is 5.43 Å². The van der Waals surface area contributed by atoms with Gasteiger partial charge in [0.05, 0.1) is 23.0 Å². The lowest BCUT2D eigenvalue weighted by atomic mass is 10.2. The van der Waals surface area contributed by atoms with E-state index in [-0.39, 0.29) is 11.7 Å². The Hall–Kier alpha value is -2.25. The second-order valence-electron chi connectivity index (χ2n) is 5.30. The number of fused-ring (bicyclic) bond motifs is 1. The number of benzene rings is 2. The summed E-state index contributed by atoms with van der Waals surface area (Å²) in [7, 11) is 1.95. The number of imidazole rings is 1. The van der Waals surface area contributed by atoms with Gasteiger partial charge in [0.2, 0.25) is 0 Å². The fourth-order valence-corrected chi connectivity index (χ4v) is 3.47. The van der Waals surface area contributed by atoms with Gasteiger partial charge in [0.25, 0.3) is 5.91 Å². The zero-order chi connectivity index (χ0) is 17.6. The molecule has 0 atom stereocenters. The van der Waals surface area contributed by atoms with Gasteiger partial charge in [0.15, 0.2) is 5.16 Å². The largest absolute Gasteiger partial charge is 0.322 e. The molecule has 0 fully saturated rings. The Labute approximate surface area is 154 Å². The number of carbonyl (C=O) groups excluding carboxylic acids is 1. The van der Waals surface area contributed by atoms with E-state index in [0.717, 1.165) is 21.8 Å². The van der Waals surface area contributed by atoms with Crippen LogP contribution in [-0.4, -0.2) is 33.7 Å². The molecule has 0 spiro atoms. The van der Waals surface area contributed by atoms with E-state index in [4.69, 9.17) is 0 Å². The number of aryl methyl sites for hydroxylation is 1. The van der Waals surface area contributed by atoms with Crippen LogP contribution in [0, 0.1) is 0 Å². The molecular weight excluding hydrogens is 352 g/mol. The summed E-state index contributed by atoms with van der Waals surface area (Å²) in [5.41, 5.74) is 5.48. The Morgan fingerprint density at radius 1 is 1.24 bits per heavy atom. The van der Waals surface area contributed by atoms with Crippen LogP contribution in [0.4, 0.5) is 0 Å². The van der Waals surface area contributed by atoms with Gasteiger partial charge in [-0.2, -0.15) is 5.10 Å². The molecule has 1 heterocycles. The third-order valence-electron chi connectivity index (χ3n) is 3.60. The summed E-state index contributed by atoms with van der Waals surface area (Å²) in [5, 5.41) is 4.82. The number of carbonyl (C=O) groups is 1. The predicted octanol–water partition coefficient (Wildman–Crippen LogP) is 3.54. The van der Waals surface area contributed by atoms with Gasteiger partial charge >= 0.3 is 0 Å². The van der Waals surface area contributed by atoms with Crippen molar-refractivity contribution in [3.05, 3.63) is 54.1 Å². The summed E-state index contributed by atoms with van der Waals surface area (Å²) in [6.07, 6.45) is 3.67. The zero-order valence-corrected chi connectivity index (χ0v) is 15.6. The van der Waals surface area contributed by atoms with Crippen LogP contribution in [0.5, 0.6) is 0 Å². The second kappa shape index (κ2) is 8.22. The quantitative estimate of drug-likeness (QED) is 0.410. The van der Waals surface area contributed by atoms with Crippen molar-refractivity contribution >= 4 is 46.7 Å². The molecule has 0 aliphatic carbocycles. The van der Waals surface area contributed by atoms with Crippen LogP contribution in [0.2, 0.25) is 0 Å². The minimum Gasteiger partial charge on any atom is -0.322 e. The van der Waals surface area contributed by atoms with Crippen molar-refractivity contribution < 1.29 is 4.79 Å². The number of amides is 1. The van der Waals surface area contributed by atoms with Gasteiger partial charge in [0.1, 0.15) is 0 Å². The number of hydrogen-bond donors (Lipinski definition) is 1. The molecule has 3 rings (SSSR count). The summed E-state index contributed by atoms with van der Waals surface area (Å²) in [6.45, 7) is 0. The van der Waals surface area contributed by atoms with Crippen molar-refractivity contribution in [2.45, 2.75) is 10.1 Å². The van der Waals surface area contributed by atoms with E-state index in [9.17, 15) is 4.79 Å². The van der Waals surface area contributed by atoms with Crippen LogP contribution in [0.1, 0.15) is 5.56 Å². The van der Waals surface area contributed by atoms with Crippen LogP contribution in [0.3, 0.4) is 0 Å². The molecule has 0 radical (unpaired) electrons. The molecule has 0 saturated heterocycles. The third-order valence-corrected chi connectivity index (χ3v) is 5.37. The van der Waals surface area contributed by atoms with E-state index in [1.807, 2.05) is 66.4 Å². The Morgan fingerprint density at radius 3 is 2.72 bits per heavy atom. The topological polar surface area (TPSA) is 59.3 Å². The van der Waals surface area contributed by atoms with Gasteiger partial charge in [-0.1, -0.05) is 36.0 Å². The number of hydrogen-bond acceptors (Lipinski definition) is 5. The Kier molecular flexibility index (Phi) is 5.78. The molecular formula is C18H18N4OS2. The number of thioether (sulfide) groups is 2. The lowest BCUT2D eigenvalue weighted by Gasteiger charge is -2.01. The summed E-state index contributed by atoms with van der Waals surface area (Å²) in [6, 6.07) is 15.9. The van der Waals surface area contributed by atoms with E-state index in [1.165, 1.54) is 16.7 Å². The van der Waals surface area contributed by atoms with E-state index >= 15 is 0 Å². The molecule has 5 nitrogen and oxygen atoms in total. The number of hydrazone groups is 1. The van der Waals surface area contributed by atoms with Gasteiger partial charge in [-0.15, -0.1) is 11.8 Å². The Morgan fingerprint density at radius 2 is 2.00 bits per heavy atom. The summed E-state index contributed by atoms with van der Waals surface area (Å²) in [4.78, 5) is 17.7. The maximum Gasteiger partial charge on any atom is 0.250 e. The van der Waals surface area contributed by atoms with Crippen LogP contribution in [0.15, 0.2) is 63.7 Å². The van der Waals surface area contributed by atoms with Crippen molar-refractivity contribution in [1.82, 2.24) is 15.0 Å². The molecule has 0 bridgehead atoms. The minimum atomic E-state index is -0.158. The normalized spacial score (nSPS) is 11.3. The SMILES string of the molecule is CSc1ccc(C=NNC(=O)CSc2nc3ccccc3n2C)cc1. The van der Waals surface area contributed by atoms with Gasteiger partial charge in [-0.25, -0.2) is 10.4 Å². The highest BCUT2D eigenvalue weighted by atomic mass is 32.2. The standard InChI is InChI=1S/C18H18N4OS2/c1-22-16-6-4-3-5-15(16)20-18(22)25-12-17(23)21-19-11-13-7-9-14(24-2)10-8-13/h3-11H,12H2,1-2H3,(H,21,23). The highest BCUT2D eigenvalue weighted by Crippen LogP contribution is 2.22. The lowest BCUT2D eigenvalue weighted by molar-refractivity contribution is -0.118. The molecule has 128 valence electrons. The van der Waals surface area contributed by atoms with Crippen molar-refractivity contribution in [2.24, 2.45) is 12.1 Å². The van der Waals surface area contributed by atoms with E-state index in [0.29, 0.717) is 0 Å². The smallest absolute Gasteiger partial charge is 0.250 e. The van der Waals surface area contributed by atoms with Crippen LogP contribution >= 0.6 is 23.5 Å². The summed E-state index contributed by atoms with van der Waals surface area (Å²) < 4.78 is 1.99. The molecule has 3 aromatic rings. The van der Waals surface area contributed by atoms with Gasteiger partial charge in [-0.05, 0) is 36.1 Å². The number of rotatable bonds is 6. The molecule has 1 aromatic heterocycles. The molecule has 2 aromatic carbocycles. The average molecular weight is 371 g/mol. The molecule has 7 heteroatoms. The zero-order valence-electron chi connectivity index (χ0n) is 14.0. The molecule has 0 unspecified atom stereocenters. The van der Waals surface area contributed by atoms with E-state index in [1.54, 1.807) is 18.0 Å². The molecule has 1 amide bonds. The molecule has 0 aliphatic heterocycles. The van der Waals surface area contributed by atoms with Crippen molar-refractivity contribution in [3.63, 3.8) is 0 Å². The molecule has 25 heavy (non-hydrogen) atoms. The third kappa shape index (κ3) is 4.43. The Balaban J connectivity index is 1.53. The predicted molar refractivity (Wildman–Crippen MR) is 105 cm³/mol. The monoisotopic (exact) mass is 370 g/mol. The highest BCUT2D eigenvalue weighted by molar-refractivity contribution is 7.99. The first kappa shape index (κ1) is 17.6. The summed E-state index contributed by atoms with van der Waals surface area (Å²) in [5.74, 6) is 0.106. The highest BCUT2D eigenvalue weighted by Gasteiger charge is 2.09. The van der Waals surface area contributed by atoms with Gasteiger partial charge in [-0.3, -0.25) is 4.79 Å². The Bertz CT molecular complexity index is 903. The molecule has 0 aliphatic rings. The lowest BCUT2D eigenvalue weighted by Crippen LogP contribution is -2.19. The maximum atomic E-state index is 11.9. The number of nitrogens with one attached hydrogen (secondary N) is 1. The van der Waals surface area contributed by atoms with Crippen molar-refractivity contribution in [1.29, 1.82) is 0 Å². The summed E-state index contributed by atoms with van der Waals surface area (Å²) >= 11 is 3.08. The second-order valence-corrected chi connectivity index (χ2v) is 7.12. The molecule has 1 N–H and O–H groups in total. The minimum absolute atomic E-state index is 0.158. The average Bonchev–Trinajstić information content (AvgIpc) is 2.97. The van der Waals surface area contributed by atoms with Crippen LogP contribution in [-0.2, 0) is 11.8 Å². The first-order chi connectivity index (χ1) is 12.2. The van der Waals surface area contributed by atoms with Crippen molar-refractivity contribution in [2.75, 3.05) is 12.0 Å². The number of para-hydroxylation sites is 2. The maximum absolute atomic E-state index is 11.9. The fraction of sp³-hybridized carbons (Fsp3) is 0.167. The van der Waals surface area contributed by atoms with E-state index < -0.39 is 0 Å². The molecule has 0 saturated carbocycles. The fourth-order valence-electron chi connectivity index (χ4n) is 2.28. The first-order valence-electron chi connectivity index (χ1n) is 7.67.